The molecule has 2 atom stereocenters. The maximum Gasteiger partial charge on any atom is 0.308 e. The van der Waals surface area contributed by atoms with Crippen LogP contribution in [0.4, 0.5) is 4.39 Å². The number of nitrogens with zero attached hydrogens (tertiary/aromatic N) is 4. The molecule has 0 amide bonds. The zero-order chi connectivity index (χ0) is 19.3. The minimum absolute atomic E-state index is 0.131. The van der Waals surface area contributed by atoms with E-state index < -0.39 is 17.7 Å². The molecule has 0 aromatic carbocycles. The Morgan fingerprint density at radius 1 is 1.25 bits per heavy atom. The smallest absolute Gasteiger partial charge is 0.308 e. The van der Waals surface area contributed by atoms with E-state index in [1.807, 2.05) is 16.8 Å². The van der Waals surface area contributed by atoms with E-state index in [2.05, 4.69) is 15.0 Å². The van der Waals surface area contributed by atoms with Crippen LogP contribution in [0.15, 0.2) is 36.9 Å². The van der Waals surface area contributed by atoms with Crippen LogP contribution in [0.3, 0.4) is 0 Å². The molecule has 8 heteroatoms. The molecule has 5 rings (SSSR count). The topological polar surface area (TPSA) is 96.7 Å². The van der Waals surface area contributed by atoms with Crippen LogP contribution in [0.1, 0.15) is 31.7 Å². The zero-order valence-corrected chi connectivity index (χ0v) is 15.0. The first-order chi connectivity index (χ1) is 13.6. The maximum absolute atomic E-state index is 13.7. The highest BCUT2D eigenvalue weighted by atomic mass is 19.1. The second-order valence-electron chi connectivity index (χ2n) is 7.24. The van der Waals surface area contributed by atoms with Crippen molar-refractivity contribution < 1.29 is 14.3 Å². The number of carbonyl (C=O) groups is 1. The van der Waals surface area contributed by atoms with Crippen LogP contribution >= 0.6 is 0 Å². The van der Waals surface area contributed by atoms with Gasteiger partial charge in [0.25, 0.3) is 0 Å². The Balaban J connectivity index is 1.64. The summed E-state index contributed by atoms with van der Waals surface area (Å²) in [6, 6.07) is 3.18. The number of pyridine rings is 1. The number of hydrogen-bond acceptors (Lipinski definition) is 4. The summed E-state index contributed by atoms with van der Waals surface area (Å²) in [6.07, 6.45) is 9.90. The number of carboxylic acids is 1. The lowest BCUT2D eigenvalue weighted by Crippen LogP contribution is -2.29. The summed E-state index contributed by atoms with van der Waals surface area (Å²) in [6.45, 7) is 0. The lowest BCUT2D eigenvalue weighted by molar-refractivity contribution is -0.144. The Hall–Kier alpha value is -3.29. The molecule has 1 unspecified atom stereocenters. The SMILES string of the molecule is O=C(O)C1CCCC[C@@H]1n1ccc2cnc(-c3c[nH]c4ncc(F)cc34)nc21. The first-order valence-corrected chi connectivity index (χ1v) is 9.31. The van der Waals surface area contributed by atoms with Crippen molar-refractivity contribution in [1.82, 2.24) is 24.5 Å². The molecule has 0 aliphatic heterocycles. The van der Waals surface area contributed by atoms with Gasteiger partial charge in [-0.1, -0.05) is 12.8 Å². The summed E-state index contributed by atoms with van der Waals surface area (Å²) >= 11 is 0. The van der Waals surface area contributed by atoms with Crippen LogP contribution in [-0.4, -0.2) is 35.6 Å². The van der Waals surface area contributed by atoms with E-state index in [4.69, 9.17) is 4.98 Å². The van der Waals surface area contributed by atoms with Gasteiger partial charge in [0, 0.05) is 41.0 Å². The van der Waals surface area contributed by atoms with Gasteiger partial charge in [-0.15, -0.1) is 0 Å². The largest absolute Gasteiger partial charge is 0.481 e. The molecular formula is C20H18FN5O2. The minimum Gasteiger partial charge on any atom is -0.481 e. The average Bonchev–Trinajstić information content (AvgIpc) is 3.31. The number of nitrogens with one attached hydrogen (secondary N) is 1. The van der Waals surface area contributed by atoms with E-state index in [9.17, 15) is 14.3 Å². The number of aliphatic carboxylic acids is 1. The van der Waals surface area contributed by atoms with Gasteiger partial charge in [0.1, 0.15) is 17.1 Å². The van der Waals surface area contributed by atoms with Crippen LogP contribution in [-0.2, 0) is 4.79 Å². The molecule has 0 bridgehead atoms. The minimum atomic E-state index is -0.765. The van der Waals surface area contributed by atoms with Crippen molar-refractivity contribution in [3.63, 3.8) is 0 Å². The van der Waals surface area contributed by atoms with E-state index in [0.29, 0.717) is 34.5 Å². The van der Waals surface area contributed by atoms with Crippen molar-refractivity contribution >= 4 is 28.0 Å². The van der Waals surface area contributed by atoms with Gasteiger partial charge in [0.2, 0.25) is 0 Å². The van der Waals surface area contributed by atoms with Crippen LogP contribution < -0.4 is 0 Å². The molecule has 142 valence electrons. The number of aromatic nitrogens is 5. The monoisotopic (exact) mass is 379 g/mol. The summed E-state index contributed by atoms with van der Waals surface area (Å²) in [4.78, 5) is 27.9. The van der Waals surface area contributed by atoms with Gasteiger partial charge in [-0.25, -0.2) is 19.3 Å². The molecule has 1 saturated carbocycles. The molecule has 0 spiro atoms. The fourth-order valence-corrected chi connectivity index (χ4v) is 4.23. The van der Waals surface area contributed by atoms with Crippen molar-refractivity contribution in [2.75, 3.05) is 0 Å². The van der Waals surface area contributed by atoms with Crippen molar-refractivity contribution in [2.24, 2.45) is 5.92 Å². The normalized spacial score (nSPS) is 20.0. The summed E-state index contributed by atoms with van der Waals surface area (Å²) in [5.74, 6) is -1.16. The highest BCUT2D eigenvalue weighted by Gasteiger charge is 2.32. The standard InChI is InChI=1S/C20H18FN5O2/c21-12-7-14-15(10-24-17(14)23-9-12)18-22-8-11-5-6-26(19(11)25-18)16-4-2-1-3-13(16)20(27)28/h5-10,13,16H,1-4H2,(H,23,24)(H,27,28)/t13?,16-/m0/s1. The van der Waals surface area contributed by atoms with Gasteiger partial charge in [0.05, 0.1) is 12.1 Å². The van der Waals surface area contributed by atoms with Crippen LogP contribution in [0.5, 0.6) is 0 Å². The fraction of sp³-hybridized carbons (Fsp3) is 0.300. The molecule has 0 radical (unpaired) electrons. The summed E-state index contributed by atoms with van der Waals surface area (Å²) < 4.78 is 15.6. The number of fused-ring (bicyclic) bond motifs is 2. The Kier molecular flexibility index (Phi) is 3.85. The zero-order valence-electron chi connectivity index (χ0n) is 15.0. The maximum atomic E-state index is 13.7. The quantitative estimate of drug-likeness (QED) is 0.562. The predicted octanol–water partition coefficient (Wildman–Crippen LogP) is 3.93. The van der Waals surface area contributed by atoms with Gasteiger partial charge in [-0.3, -0.25) is 4.79 Å². The van der Waals surface area contributed by atoms with E-state index in [1.165, 1.54) is 6.07 Å². The third kappa shape index (κ3) is 2.64. The highest BCUT2D eigenvalue weighted by Crippen LogP contribution is 2.36. The van der Waals surface area contributed by atoms with Crippen molar-refractivity contribution in [2.45, 2.75) is 31.7 Å². The molecule has 4 aromatic rings. The third-order valence-corrected chi connectivity index (χ3v) is 5.60. The number of rotatable bonds is 3. The summed E-state index contributed by atoms with van der Waals surface area (Å²) in [7, 11) is 0. The molecule has 4 aromatic heterocycles. The van der Waals surface area contributed by atoms with E-state index in [-0.39, 0.29) is 6.04 Å². The van der Waals surface area contributed by atoms with Crippen LogP contribution in [0.2, 0.25) is 0 Å². The molecule has 28 heavy (non-hydrogen) atoms. The van der Waals surface area contributed by atoms with Gasteiger partial charge < -0.3 is 14.7 Å². The van der Waals surface area contributed by atoms with Crippen molar-refractivity contribution in [1.29, 1.82) is 0 Å². The molecular weight excluding hydrogens is 361 g/mol. The Labute approximate surface area is 159 Å². The number of hydrogen-bond donors (Lipinski definition) is 2. The van der Waals surface area contributed by atoms with E-state index >= 15 is 0 Å². The Morgan fingerprint density at radius 3 is 2.96 bits per heavy atom. The highest BCUT2D eigenvalue weighted by molar-refractivity contribution is 5.92. The van der Waals surface area contributed by atoms with Crippen molar-refractivity contribution in [3.05, 3.63) is 42.7 Å². The lowest BCUT2D eigenvalue weighted by atomic mass is 9.84. The van der Waals surface area contributed by atoms with Gasteiger partial charge >= 0.3 is 5.97 Å². The van der Waals surface area contributed by atoms with Gasteiger partial charge in [-0.2, -0.15) is 0 Å². The molecule has 2 N–H and O–H groups in total. The van der Waals surface area contributed by atoms with Gasteiger partial charge in [-0.05, 0) is 25.0 Å². The number of H-pyrrole nitrogens is 1. The number of carboxylic acid groups (broad SMARTS) is 1. The second kappa shape index (κ2) is 6.40. The first kappa shape index (κ1) is 16.9. The van der Waals surface area contributed by atoms with E-state index in [1.54, 1.807) is 12.4 Å². The molecule has 1 aliphatic carbocycles. The molecule has 1 fully saturated rings. The summed E-state index contributed by atoms with van der Waals surface area (Å²) in [5, 5.41) is 11.1. The van der Waals surface area contributed by atoms with Crippen LogP contribution in [0, 0.1) is 11.7 Å². The molecule has 1 aliphatic rings. The fourth-order valence-electron chi connectivity index (χ4n) is 4.23. The molecule has 7 nitrogen and oxygen atoms in total. The molecule has 4 heterocycles. The van der Waals surface area contributed by atoms with Gasteiger partial charge in [0.15, 0.2) is 5.82 Å². The lowest BCUT2D eigenvalue weighted by Gasteiger charge is -2.30. The van der Waals surface area contributed by atoms with Crippen LogP contribution in [0.25, 0.3) is 33.5 Å². The van der Waals surface area contributed by atoms with E-state index in [0.717, 1.165) is 30.8 Å². The predicted molar refractivity (Wildman–Crippen MR) is 101 cm³/mol. The Bertz CT molecular complexity index is 1200. The van der Waals surface area contributed by atoms with Crippen molar-refractivity contribution in [3.8, 4) is 11.4 Å². The Morgan fingerprint density at radius 2 is 2.11 bits per heavy atom. The third-order valence-electron chi connectivity index (χ3n) is 5.60. The summed E-state index contributed by atoms with van der Waals surface area (Å²) in [5.41, 5.74) is 1.92. The molecule has 0 saturated heterocycles. The average molecular weight is 379 g/mol. The number of halogens is 1. The number of aromatic amines is 1. The second-order valence-corrected chi connectivity index (χ2v) is 7.24. The first-order valence-electron chi connectivity index (χ1n) is 9.31.